The van der Waals surface area contributed by atoms with E-state index in [1.807, 2.05) is 38.1 Å². The average Bonchev–Trinajstić information content (AvgIpc) is 2.71. The third kappa shape index (κ3) is 7.27. The number of methoxy groups -OCH3 is 1. The molecule has 0 bridgehead atoms. The fourth-order valence-electron chi connectivity index (χ4n) is 2.75. The molecule has 0 saturated carbocycles. The summed E-state index contributed by atoms with van der Waals surface area (Å²) in [6.07, 6.45) is 1.76. The van der Waals surface area contributed by atoms with Crippen LogP contribution in [0.3, 0.4) is 0 Å². The third-order valence-electron chi connectivity index (χ3n) is 4.17. The molecule has 0 amide bonds. The van der Waals surface area contributed by atoms with Crippen molar-refractivity contribution in [2.45, 2.75) is 26.7 Å². The Bertz CT molecular complexity index is 735. The second kappa shape index (κ2) is 12.1. The van der Waals surface area contributed by atoms with Crippen molar-refractivity contribution in [2.75, 3.05) is 33.4 Å². The first-order chi connectivity index (χ1) is 13.7. The molecule has 2 aromatic rings. The van der Waals surface area contributed by atoms with E-state index in [1.165, 1.54) is 11.1 Å². The van der Waals surface area contributed by atoms with E-state index in [-0.39, 0.29) is 0 Å². The fraction of sp³-hybridized carbons (Fsp3) is 0.409. The van der Waals surface area contributed by atoms with Crippen LogP contribution < -0.4 is 24.8 Å². The van der Waals surface area contributed by atoms with Gasteiger partial charge in [0, 0.05) is 13.1 Å². The largest absolute Gasteiger partial charge is 0.497 e. The monoisotopic (exact) mass is 402 g/mol. The highest BCUT2D eigenvalue weighted by atomic mass is 32.1. The van der Waals surface area contributed by atoms with Crippen LogP contribution in [0.25, 0.3) is 0 Å². The molecule has 0 aliphatic heterocycles. The number of thiocarbonyl (C=S) groups is 1. The van der Waals surface area contributed by atoms with Crippen molar-refractivity contribution in [3.05, 3.63) is 53.6 Å². The van der Waals surface area contributed by atoms with E-state index >= 15 is 0 Å². The van der Waals surface area contributed by atoms with E-state index in [4.69, 9.17) is 26.4 Å². The fourth-order valence-corrected chi connectivity index (χ4v) is 2.95. The molecule has 2 aromatic carbocycles. The molecule has 0 unspecified atom stereocenters. The van der Waals surface area contributed by atoms with Gasteiger partial charge >= 0.3 is 0 Å². The standard InChI is InChI=1S/C22H30N2O3S/c1-4-26-20-11-8-18(16-21(20)27-5-2)13-15-24-22(28)23-14-12-17-6-9-19(25-3)10-7-17/h6-11,16H,4-5,12-15H2,1-3H3,(H2,23,24,28). The van der Waals surface area contributed by atoms with Gasteiger partial charge in [-0.15, -0.1) is 0 Å². The Kier molecular flexibility index (Phi) is 9.42. The van der Waals surface area contributed by atoms with Crippen molar-refractivity contribution < 1.29 is 14.2 Å². The second-order valence-corrected chi connectivity index (χ2v) is 6.59. The van der Waals surface area contributed by atoms with Gasteiger partial charge in [-0.1, -0.05) is 18.2 Å². The van der Waals surface area contributed by atoms with E-state index in [2.05, 4.69) is 28.8 Å². The van der Waals surface area contributed by atoms with Gasteiger partial charge < -0.3 is 24.8 Å². The quantitative estimate of drug-likeness (QED) is 0.559. The lowest BCUT2D eigenvalue weighted by Gasteiger charge is -2.13. The first-order valence-corrected chi connectivity index (χ1v) is 10.1. The van der Waals surface area contributed by atoms with Crippen LogP contribution in [0.5, 0.6) is 17.2 Å². The van der Waals surface area contributed by atoms with Crippen LogP contribution in [0.1, 0.15) is 25.0 Å². The molecule has 2 rings (SSSR count). The maximum Gasteiger partial charge on any atom is 0.166 e. The predicted molar refractivity (Wildman–Crippen MR) is 118 cm³/mol. The molecule has 0 saturated heterocycles. The minimum atomic E-state index is 0.615. The maximum absolute atomic E-state index is 5.68. The Hall–Kier alpha value is -2.47. The van der Waals surface area contributed by atoms with Crippen LogP contribution in [0.2, 0.25) is 0 Å². The highest BCUT2D eigenvalue weighted by molar-refractivity contribution is 7.80. The molecule has 0 spiro atoms. The van der Waals surface area contributed by atoms with Gasteiger partial charge in [0.1, 0.15) is 5.75 Å². The van der Waals surface area contributed by atoms with E-state index < -0.39 is 0 Å². The molecule has 0 aliphatic carbocycles. The summed E-state index contributed by atoms with van der Waals surface area (Å²) < 4.78 is 16.4. The molecule has 0 fully saturated rings. The summed E-state index contributed by atoms with van der Waals surface area (Å²) in [7, 11) is 1.67. The molecular formula is C22H30N2O3S. The average molecular weight is 403 g/mol. The first-order valence-electron chi connectivity index (χ1n) is 9.69. The Morgan fingerprint density at radius 2 is 1.39 bits per heavy atom. The summed E-state index contributed by atoms with van der Waals surface area (Å²) in [6, 6.07) is 14.1. The molecule has 0 atom stereocenters. The molecule has 0 heterocycles. The van der Waals surface area contributed by atoms with E-state index in [9.17, 15) is 0 Å². The van der Waals surface area contributed by atoms with Gasteiger partial charge in [0.2, 0.25) is 0 Å². The Labute approximate surface area is 173 Å². The predicted octanol–water partition coefficient (Wildman–Crippen LogP) is 3.74. The minimum absolute atomic E-state index is 0.615. The van der Waals surface area contributed by atoms with Crippen molar-refractivity contribution in [1.29, 1.82) is 0 Å². The molecule has 5 nitrogen and oxygen atoms in total. The number of ether oxygens (including phenoxy) is 3. The number of benzene rings is 2. The summed E-state index contributed by atoms with van der Waals surface area (Å²) >= 11 is 5.36. The molecular weight excluding hydrogens is 372 g/mol. The normalized spacial score (nSPS) is 10.2. The van der Waals surface area contributed by atoms with Crippen molar-refractivity contribution in [3.63, 3.8) is 0 Å². The van der Waals surface area contributed by atoms with Crippen LogP contribution in [-0.2, 0) is 12.8 Å². The van der Waals surface area contributed by atoms with Crippen LogP contribution in [0.15, 0.2) is 42.5 Å². The Morgan fingerprint density at radius 1 is 0.821 bits per heavy atom. The van der Waals surface area contributed by atoms with Gasteiger partial charge in [0.25, 0.3) is 0 Å². The Morgan fingerprint density at radius 3 is 2.00 bits per heavy atom. The summed E-state index contributed by atoms with van der Waals surface area (Å²) in [5, 5.41) is 7.17. The summed E-state index contributed by atoms with van der Waals surface area (Å²) in [5.41, 5.74) is 2.43. The number of rotatable bonds is 11. The van der Waals surface area contributed by atoms with E-state index in [1.54, 1.807) is 7.11 Å². The minimum Gasteiger partial charge on any atom is -0.497 e. The molecule has 6 heteroatoms. The van der Waals surface area contributed by atoms with E-state index in [0.717, 1.165) is 43.2 Å². The van der Waals surface area contributed by atoms with Gasteiger partial charge in [-0.25, -0.2) is 0 Å². The van der Waals surface area contributed by atoms with Crippen LogP contribution >= 0.6 is 12.2 Å². The SMILES string of the molecule is CCOc1ccc(CCNC(=S)NCCc2ccc(OC)cc2)cc1OCC. The van der Waals surface area contributed by atoms with Crippen molar-refractivity contribution in [1.82, 2.24) is 10.6 Å². The molecule has 0 aromatic heterocycles. The highest BCUT2D eigenvalue weighted by Crippen LogP contribution is 2.28. The topological polar surface area (TPSA) is 51.8 Å². The van der Waals surface area contributed by atoms with Gasteiger partial charge in [0.05, 0.1) is 20.3 Å². The van der Waals surface area contributed by atoms with Crippen LogP contribution in [0, 0.1) is 0 Å². The molecule has 2 N–H and O–H groups in total. The van der Waals surface area contributed by atoms with Gasteiger partial charge in [-0.2, -0.15) is 0 Å². The lowest BCUT2D eigenvalue weighted by molar-refractivity contribution is 0.287. The zero-order valence-electron chi connectivity index (χ0n) is 16.9. The third-order valence-corrected chi connectivity index (χ3v) is 4.45. The Balaban J connectivity index is 1.71. The van der Waals surface area contributed by atoms with Gasteiger partial charge in [-0.3, -0.25) is 0 Å². The van der Waals surface area contributed by atoms with Crippen LogP contribution in [-0.4, -0.2) is 38.5 Å². The maximum atomic E-state index is 5.68. The van der Waals surface area contributed by atoms with Gasteiger partial charge in [0.15, 0.2) is 16.6 Å². The highest BCUT2D eigenvalue weighted by Gasteiger charge is 2.06. The number of nitrogens with one attached hydrogen (secondary N) is 2. The summed E-state index contributed by atoms with van der Waals surface area (Å²) in [4.78, 5) is 0. The molecule has 0 radical (unpaired) electrons. The summed E-state index contributed by atoms with van der Waals surface area (Å²) in [6.45, 7) is 6.72. The van der Waals surface area contributed by atoms with Crippen molar-refractivity contribution in [3.8, 4) is 17.2 Å². The zero-order valence-corrected chi connectivity index (χ0v) is 17.7. The smallest absolute Gasteiger partial charge is 0.166 e. The second-order valence-electron chi connectivity index (χ2n) is 6.18. The molecule has 152 valence electrons. The zero-order chi connectivity index (χ0) is 20.2. The van der Waals surface area contributed by atoms with Crippen molar-refractivity contribution >= 4 is 17.3 Å². The van der Waals surface area contributed by atoms with Gasteiger partial charge in [-0.05, 0) is 74.3 Å². The molecule has 28 heavy (non-hydrogen) atoms. The van der Waals surface area contributed by atoms with E-state index in [0.29, 0.717) is 18.3 Å². The lowest BCUT2D eigenvalue weighted by atomic mass is 10.1. The molecule has 0 aliphatic rings. The lowest BCUT2D eigenvalue weighted by Crippen LogP contribution is -2.37. The number of hydrogen-bond donors (Lipinski definition) is 2. The number of hydrogen-bond acceptors (Lipinski definition) is 4. The first kappa shape index (κ1) is 21.8. The van der Waals surface area contributed by atoms with Crippen LogP contribution in [0.4, 0.5) is 0 Å². The van der Waals surface area contributed by atoms with Crippen molar-refractivity contribution in [2.24, 2.45) is 0 Å². The summed E-state index contributed by atoms with van der Waals surface area (Å²) in [5.74, 6) is 2.45.